The maximum atomic E-state index is 13.9. The molecule has 2 saturated carbocycles. The summed E-state index contributed by atoms with van der Waals surface area (Å²) in [5.74, 6) is -10.8. The lowest BCUT2D eigenvalue weighted by molar-refractivity contribution is -0.181. The Hall–Kier alpha value is -2.70. The van der Waals surface area contributed by atoms with E-state index in [0.29, 0.717) is 42.4 Å². The minimum Gasteiger partial charge on any atom is -0.507 e. The lowest BCUT2D eigenvalue weighted by atomic mass is 9.52. The van der Waals surface area contributed by atoms with E-state index in [4.69, 9.17) is 22.1 Å². The highest BCUT2D eigenvalue weighted by Crippen LogP contribution is 2.51. The third-order valence-corrected chi connectivity index (χ3v) is 9.24. The first-order chi connectivity index (χ1) is 19.2. The van der Waals surface area contributed by atoms with Crippen molar-refractivity contribution in [2.45, 2.75) is 57.9 Å². The number of hydrogen-bond acceptors (Lipinski definition) is 10. The Bertz CT molecular complexity index is 1300. The van der Waals surface area contributed by atoms with Gasteiger partial charge >= 0.3 is 0 Å². The number of phenolic OH excluding ortho intramolecular Hbond substituents is 1. The summed E-state index contributed by atoms with van der Waals surface area (Å²) in [5, 5.41) is 22.9. The molecule has 2 fully saturated rings. The summed E-state index contributed by atoms with van der Waals surface area (Å²) >= 11 is 6.84. The number of rotatable bonds is 9. The first-order valence-electron chi connectivity index (χ1n) is 13.9. The zero-order chi connectivity index (χ0) is 30.5. The van der Waals surface area contributed by atoms with Crippen LogP contribution in [0.25, 0.3) is 0 Å². The number of primary amides is 1. The fraction of sp³-hybridized carbons (Fsp3) is 0.621. The third kappa shape index (κ3) is 5.12. The average molecular weight is 592 g/mol. The van der Waals surface area contributed by atoms with Crippen LogP contribution in [0.5, 0.6) is 5.75 Å². The van der Waals surface area contributed by atoms with Gasteiger partial charge in [-0.3, -0.25) is 33.8 Å². The Morgan fingerprint density at radius 1 is 1.22 bits per heavy atom. The number of hydrogen-bond donors (Lipinski definition) is 3. The predicted octanol–water partition coefficient (Wildman–Crippen LogP) is 0.767. The van der Waals surface area contributed by atoms with Gasteiger partial charge in [0.25, 0.3) is 0 Å². The number of ketones is 4. The number of nitrogens with zero attached hydrogens (tertiary/aromatic N) is 2. The number of amides is 1. The average Bonchev–Trinajstić information content (AvgIpc) is 2.87. The number of benzene rings is 1. The molecule has 12 heteroatoms. The molecule has 2 unspecified atom stereocenters. The molecule has 1 aromatic rings. The number of fused-ring (bicyclic) bond motifs is 3. The highest BCUT2D eigenvalue weighted by atomic mass is 35.5. The molecule has 3 aliphatic rings. The zero-order valence-electron chi connectivity index (χ0n) is 24.0. The molecule has 1 amide bonds. The van der Waals surface area contributed by atoms with Gasteiger partial charge in [0.15, 0.2) is 34.7 Å². The Balaban J connectivity index is 1.73. The monoisotopic (exact) mass is 591 g/mol. The van der Waals surface area contributed by atoms with Gasteiger partial charge in [-0.2, -0.15) is 0 Å². The molecule has 0 radical (unpaired) electrons. The molecule has 1 aromatic carbocycles. The maximum Gasteiger partial charge on any atom is 0.235 e. The molecule has 0 bridgehead atoms. The summed E-state index contributed by atoms with van der Waals surface area (Å²) in [6, 6.07) is 0.254. The van der Waals surface area contributed by atoms with E-state index in [1.807, 2.05) is 20.8 Å². The molecular formula is C29H38ClN3O8. The van der Waals surface area contributed by atoms with Crippen LogP contribution in [0.3, 0.4) is 0 Å². The number of phenols is 1. The Kier molecular flexibility index (Phi) is 8.78. The van der Waals surface area contributed by atoms with Crippen LogP contribution in [-0.2, 0) is 36.9 Å². The Morgan fingerprint density at radius 3 is 2.44 bits per heavy atom. The van der Waals surface area contributed by atoms with Crippen LogP contribution < -0.4 is 5.73 Å². The van der Waals surface area contributed by atoms with Crippen LogP contribution in [0.15, 0.2) is 6.07 Å². The van der Waals surface area contributed by atoms with Crippen LogP contribution in [0, 0.1) is 23.7 Å². The smallest absolute Gasteiger partial charge is 0.235 e. The number of Topliss-reactive ketones (excluding diaryl/α,β-unsaturated/α-hetero) is 4. The van der Waals surface area contributed by atoms with Gasteiger partial charge in [-0.1, -0.05) is 18.5 Å². The fourth-order valence-electron chi connectivity index (χ4n) is 6.83. The van der Waals surface area contributed by atoms with Crippen molar-refractivity contribution in [3.8, 4) is 5.75 Å². The van der Waals surface area contributed by atoms with Crippen LogP contribution in [-0.4, -0.2) is 101 Å². The van der Waals surface area contributed by atoms with Gasteiger partial charge in [-0.25, -0.2) is 0 Å². The number of carbonyl (C=O) groups excluding carboxylic acids is 5. The van der Waals surface area contributed by atoms with Crippen molar-refractivity contribution in [2.24, 2.45) is 29.4 Å². The second-order valence-electron chi connectivity index (χ2n) is 11.8. The summed E-state index contributed by atoms with van der Waals surface area (Å²) < 4.78 is 5.65. The SMILES string of the molecule is CCN(CCOC(C)C)Cc1cc(O)c2c(c1Cl)C[C@H]1C[C@H]3[C@H](N(C)C)C(=O)C(C(N)=O)C(=O)[C@@]3(O)C(=O)C1C2=O. The van der Waals surface area contributed by atoms with Gasteiger partial charge in [-0.15, -0.1) is 0 Å². The van der Waals surface area contributed by atoms with Gasteiger partial charge < -0.3 is 20.7 Å². The molecular weight excluding hydrogens is 554 g/mol. The van der Waals surface area contributed by atoms with Crippen molar-refractivity contribution >= 4 is 40.6 Å². The van der Waals surface area contributed by atoms with Crippen molar-refractivity contribution in [3.05, 3.63) is 27.8 Å². The Morgan fingerprint density at radius 2 is 1.88 bits per heavy atom. The van der Waals surface area contributed by atoms with Gasteiger partial charge in [-0.05, 0) is 70.4 Å². The van der Waals surface area contributed by atoms with E-state index in [1.165, 1.54) is 11.0 Å². The number of halogens is 1. The number of likely N-dealkylation sites (N-methyl/N-ethyl adjacent to an activating group) is 2. The molecule has 0 heterocycles. The number of aliphatic hydroxyl groups is 1. The standard InChI is InChI=1S/C29H38ClN3O8/c1-6-33(7-8-41-13(2)3)12-15-11-18(34)20-16(22(15)30)9-14-10-17-23(32(4)5)25(36)21(28(31)39)27(38)29(17,40)26(37)19(14)24(20)35/h11,13-14,17,19,21,23,34,40H,6-10,12H2,1-5H3,(H2,31,39)/t14-,17-,19?,21?,23-,29-/m0/s1. The fourth-order valence-corrected chi connectivity index (χ4v) is 7.12. The van der Waals surface area contributed by atoms with E-state index in [-0.39, 0.29) is 30.3 Å². The summed E-state index contributed by atoms with van der Waals surface area (Å²) in [7, 11) is 3.09. The van der Waals surface area contributed by atoms with E-state index < -0.39 is 64.4 Å². The summed E-state index contributed by atoms with van der Waals surface area (Å²) in [6.45, 7) is 8.10. The zero-order valence-corrected chi connectivity index (χ0v) is 24.7. The van der Waals surface area contributed by atoms with Crippen molar-refractivity contribution < 1.29 is 38.9 Å². The number of aromatic hydroxyl groups is 1. The third-order valence-electron chi connectivity index (χ3n) is 8.77. The van der Waals surface area contributed by atoms with Gasteiger partial charge in [0.1, 0.15) is 5.75 Å². The Labute approximate surface area is 243 Å². The van der Waals surface area contributed by atoms with E-state index in [9.17, 15) is 34.2 Å². The molecule has 11 nitrogen and oxygen atoms in total. The van der Waals surface area contributed by atoms with E-state index in [1.54, 1.807) is 14.1 Å². The molecule has 0 aliphatic heterocycles. The largest absolute Gasteiger partial charge is 0.507 e. The van der Waals surface area contributed by atoms with Gasteiger partial charge in [0, 0.05) is 24.0 Å². The normalized spacial score (nSPS) is 29.7. The minimum atomic E-state index is -2.75. The second kappa shape index (κ2) is 11.5. The number of nitrogens with two attached hydrogens (primary N) is 1. The maximum absolute atomic E-state index is 13.9. The lowest BCUT2D eigenvalue weighted by Gasteiger charge is -2.52. The van der Waals surface area contributed by atoms with Crippen molar-refractivity contribution in [1.82, 2.24) is 9.80 Å². The number of ether oxygens (including phenoxy) is 1. The van der Waals surface area contributed by atoms with Crippen molar-refractivity contribution in [2.75, 3.05) is 33.8 Å². The predicted molar refractivity (Wildman–Crippen MR) is 148 cm³/mol. The first-order valence-corrected chi connectivity index (χ1v) is 14.3. The van der Waals surface area contributed by atoms with Gasteiger partial charge in [0.05, 0.1) is 30.2 Å². The highest BCUT2D eigenvalue weighted by Gasteiger charge is 2.69. The lowest BCUT2D eigenvalue weighted by Crippen LogP contribution is -2.74. The van der Waals surface area contributed by atoms with E-state index >= 15 is 0 Å². The molecule has 224 valence electrons. The summed E-state index contributed by atoms with van der Waals surface area (Å²) in [4.78, 5) is 69.9. The molecule has 4 rings (SSSR count). The van der Waals surface area contributed by atoms with Crippen LogP contribution in [0.1, 0.15) is 48.7 Å². The molecule has 4 N–H and O–H groups in total. The molecule has 3 aliphatic carbocycles. The van der Waals surface area contributed by atoms with Crippen molar-refractivity contribution in [1.29, 1.82) is 0 Å². The summed E-state index contributed by atoms with van der Waals surface area (Å²) in [6.07, 6.45) is 0.177. The molecule has 0 spiro atoms. The topological polar surface area (TPSA) is 168 Å². The van der Waals surface area contributed by atoms with Crippen LogP contribution in [0.2, 0.25) is 5.02 Å². The molecule has 41 heavy (non-hydrogen) atoms. The van der Waals surface area contributed by atoms with Crippen LogP contribution in [0.4, 0.5) is 0 Å². The summed E-state index contributed by atoms with van der Waals surface area (Å²) in [5.41, 5.74) is 3.48. The minimum absolute atomic E-state index is 0.0289. The van der Waals surface area contributed by atoms with Gasteiger partial charge in [0.2, 0.25) is 5.91 Å². The number of carbonyl (C=O) groups is 5. The highest BCUT2D eigenvalue weighted by molar-refractivity contribution is 6.34. The molecule has 6 atom stereocenters. The van der Waals surface area contributed by atoms with E-state index in [0.717, 1.165) is 0 Å². The van der Waals surface area contributed by atoms with Crippen LogP contribution >= 0.6 is 11.6 Å². The quantitative estimate of drug-likeness (QED) is 0.349. The van der Waals surface area contributed by atoms with E-state index in [2.05, 4.69) is 4.90 Å². The first kappa shape index (κ1) is 31.2. The molecule has 0 aromatic heterocycles. The van der Waals surface area contributed by atoms with Crippen molar-refractivity contribution in [3.63, 3.8) is 0 Å². The molecule has 0 saturated heterocycles. The second-order valence-corrected chi connectivity index (χ2v) is 12.2.